The van der Waals surface area contributed by atoms with E-state index in [1.807, 2.05) is 43.3 Å². The van der Waals surface area contributed by atoms with Crippen molar-refractivity contribution in [3.8, 4) is 11.5 Å². The summed E-state index contributed by atoms with van der Waals surface area (Å²) in [6.07, 6.45) is 4.36. The van der Waals surface area contributed by atoms with Gasteiger partial charge in [-0.15, -0.1) is 0 Å². The Labute approximate surface area is 149 Å². The monoisotopic (exact) mass is 339 g/mol. The average Bonchev–Trinajstić information content (AvgIpc) is 2.66. The van der Waals surface area contributed by atoms with Crippen molar-refractivity contribution in [2.45, 2.75) is 26.3 Å². The summed E-state index contributed by atoms with van der Waals surface area (Å²) in [5, 5.41) is 2.95. The van der Waals surface area contributed by atoms with Gasteiger partial charge in [-0.2, -0.15) is 0 Å². The molecule has 0 saturated heterocycles. The molecule has 1 atom stereocenters. The third-order valence-corrected chi connectivity index (χ3v) is 4.08. The van der Waals surface area contributed by atoms with Crippen LogP contribution in [-0.2, 0) is 11.2 Å². The molecule has 1 amide bonds. The maximum absolute atomic E-state index is 12.2. The smallest absolute Gasteiger partial charge is 0.244 e. The lowest BCUT2D eigenvalue weighted by atomic mass is 10.1. The number of nitrogens with one attached hydrogen (secondary N) is 1. The Morgan fingerprint density at radius 2 is 1.84 bits per heavy atom. The fraction of sp³-hybridized carbons (Fsp3) is 0.286. The number of carbonyl (C=O) groups excluding carboxylic acids is 1. The van der Waals surface area contributed by atoms with Crippen LogP contribution in [0.5, 0.6) is 11.5 Å². The van der Waals surface area contributed by atoms with Crippen LogP contribution in [0.2, 0.25) is 0 Å². The number of rotatable bonds is 7. The Morgan fingerprint density at radius 3 is 2.44 bits per heavy atom. The first-order chi connectivity index (χ1) is 12.1. The summed E-state index contributed by atoms with van der Waals surface area (Å²) in [5.41, 5.74) is 3.15. The number of amides is 1. The average molecular weight is 339 g/mol. The molecule has 0 aromatic heterocycles. The third kappa shape index (κ3) is 5.11. The second-order valence-electron chi connectivity index (χ2n) is 5.77. The van der Waals surface area contributed by atoms with Crippen molar-refractivity contribution in [2.75, 3.05) is 14.2 Å². The topological polar surface area (TPSA) is 47.6 Å². The highest BCUT2D eigenvalue weighted by atomic mass is 16.5. The quantitative estimate of drug-likeness (QED) is 0.771. The van der Waals surface area contributed by atoms with Gasteiger partial charge in [0.1, 0.15) is 11.5 Å². The van der Waals surface area contributed by atoms with E-state index >= 15 is 0 Å². The van der Waals surface area contributed by atoms with Crippen LogP contribution in [-0.4, -0.2) is 20.1 Å². The number of methoxy groups -OCH3 is 2. The number of carbonyl (C=O) groups is 1. The lowest BCUT2D eigenvalue weighted by Crippen LogP contribution is -2.25. The predicted octanol–water partition coefficient (Wildman–Crippen LogP) is 4.16. The molecule has 0 bridgehead atoms. The molecule has 0 aliphatic carbocycles. The zero-order valence-electron chi connectivity index (χ0n) is 15.2. The molecule has 1 N–H and O–H groups in total. The van der Waals surface area contributed by atoms with E-state index in [4.69, 9.17) is 9.47 Å². The second-order valence-corrected chi connectivity index (χ2v) is 5.77. The Balaban J connectivity index is 2.05. The van der Waals surface area contributed by atoms with E-state index in [2.05, 4.69) is 24.4 Å². The van der Waals surface area contributed by atoms with Crippen molar-refractivity contribution in [3.05, 3.63) is 65.2 Å². The molecule has 0 unspecified atom stereocenters. The summed E-state index contributed by atoms with van der Waals surface area (Å²) in [6.45, 7) is 4.03. The first kappa shape index (κ1) is 18.6. The van der Waals surface area contributed by atoms with Gasteiger partial charge in [0.05, 0.1) is 20.3 Å². The molecule has 0 heterocycles. The lowest BCUT2D eigenvalue weighted by molar-refractivity contribution is -0.117. The molecular weight excluding hydrogens is 314 g/mol. The Bertz CT molecular complexity index is 735. The standard InChI is InChI=1S/C21H25NO3/c1-5-16-6-8-17(9-7-16)10-13-21(23)22-15(2)19-14-18(24-3)11-12-20(19)25-4/h6-15H,5H2,1-4H3,(H,22,23)/b13-10+/t15-/m0/s1. The minimum absolute atomic E-state index is 0.156. The second kappa shape index (κ2) is 8.92. The summed E-state index contributed by atoms with van der Waals surface area (Å²) < 4.78 is 10.6. The molecule has 4 heteroatoms. The van der Waals surface area contributed by atoms with Gasteiger partial charge < -0.3 is 14.8 Å². The fourth-order valence-electron chi connectivity index (χ4n) is 2.55. The Hall–Kier alpha value is -2.75. The van der Waals surface area contributed by atoms with E-state index in [-0.39, 0.29) is 11.9 Å². The van der Waals surface area contributed by atoms with Gasteiger partial charge in [-0.25, -0.2) is 0 Å². The van der Waals surface area contributed by atoms with Gasteiger partial charge in [0, 0.05) is 11.6 Å². The third-order valence-electron chi connectivity index (χ3n) is 4.08. The Kier molecular flexibility index (Phi) is 6.63. The number of hydrogen-bond donors (Lipinski definition) is 1. The van der Waals surface area contributed by atoms with E-state index in [1.54, 1.807) is 20.3 Å². The summed E-state index contributed by atoms with van der Waals surface area (Å²) in [5.74, 6) is 1.29. The van der Waals surface area contributed by atoms with Crippen molar-refractivity contribution in [1.29, 1.82) is 0 Å². The van der Waals surface area contributed by atoms with E-state index in [9.17, 15) is 4.79 Å². The summed E-state index contributed by atoms with van der Waals surface area (Å²) in [7, 11) is 3.22. The zero-order chi connectivity index (χ0) is 18.2. The van der Waals surface area contributed by atoms with Gasteiger partial charge in [-0.05, 0) is 48.7 Å². The summed E-state index contributed by atoms with van der Waals surface area (Å²) in [4.78, 5) is 12.2. The van der Waals surface area contributed by atoms with Crippen molar-refractivity contribution < 1.29 is 14.3 Å². The molecular formula is C21H25NO3. The molecule has 0 aliphatic rings. The normalized spacial score (nSPS) is 12.0. The van der Waals surface area contributed by atoms with Crippen LogP contribution >= 0.6 is 0 Å². The number of hydrogen-bond acceptors (Lipinski definition) is 3. The highest BCUT2D eigenvalue weighted by Crippen LogP contribution is 2.29. The number of ether oxygens (including phenoxy) is 2. The first-order valence-electron chi connectivity index (χ1n) is 8.36. The van der Waals surface area contributed by atoms with Crippen LogP contribution in [0, 0.1) is 0 Å². The molecule has 2 rings (SSSR count). The van der Waals surface area contributed by atoms with Crippen LogP contribution in [0.3, 0.4) is 0 Å². The van der Waals surface area contributed by atoms with Crippen LogP contribution in [0.4, 0.5) is 0 Å². The van der Waals surface area contributed by atoms with Crippen LogP contribution in [0.25, 0.3) is 6.08 Å². The molecule has 4 nitrogen and oxygen atoms in total. The minimum atomic E-state index is -0.204. The number of benzene rings is 2. The molecule has 0 saturated carbocycles. The molecule has 0 aliphatic heterocycles. The fourth-order valence-corrected chi connectivity index (χ4v) is 2.55. The predicted molar refractivity (Wildman–Crippen MR) is 101 cm³/mol. The molecule has 0 fully saturated rings. The Morgan fingerprint density at radius 1 is 1.12 bits per heavy atom. The van der Waals surface area contributed by atoms with Gasteiger partial charge in [0.15, 0.2) is 0 Å². The molecule has 0 radical (unpaired) electrons. The van der Waals surface area contributed by atoms with E-state index in [0.29, 0.717) is 5.75 Å². The van der Waals surface area contributed by atoms with Gasteiger partial charge >= 0.3 is 0 Å². The van der Waals surface area contributed by atoms with Gasteiger partial charge in [-0.3, -0.25) is 4.79 Å². The van der Waals surface area contributed by atoms with Gasteiger partial charge in [0.25, 0.3) is 0 Å². The van der Waals surface area contributed by atoms with Crippen molar-refractivity contribution in [1.82, 2.24) is 5.32 Å². The highest BCUT2D eigenvalue weighted by molar-refractivity contribution is 5.92. The molecule has 2 aromatic rings. The number of aryl methyl sites for hydroxylation is 1. The molecule has 132 valence electrons. The zero-order valence-corrected chi connectivity index (χ0v) is 15.2. The molecule has 0 spiro atoms. The van der Waals surface area contributed by atoms with E-state index in [1.165, 1.54) is 5.56 Å². The summed E-state index contributed by atoms with van der Waals surface area (Å²) >= 11 is 0. The van der Waals surface area contributed by atoms with Crippen LogP contribution < -0.4 is 14.8 Å². The van der Waals surface area contributed by atoms with Gasteiger partial charge in [0.2, 0.25) is 5.91 Å². The molecule has 25 heavy (non-hydrogen) atoms. The van der Waals surface area contributed by atoms with Crippen molar-refractivity contribution in [3.63, 3.8) is 0 Å². The SMILES string of the molecule is CCc1ccc(/C=C/C(=O)N[C@@H](C)c2cc(OC)ccc2OC)cc1. The van der Waals surface area contributed by atoms with Gasteiger partial charge in [-0.1, -0.05) is 31.2 Å². The first-order valence-corrected chi connectivity index (χ1v) is 8.36. The molecule has 2 aromatic carbocycles. The van der Waals surface area contributed by atoms with Crippen LogP contribution in [0.15, 0.2) is 48.5 Å². The largest absolute Gasteiger partial charge is 0.497 e. The highest BCUT2D eigenvalue weighted by Gasteiger charge is 2.14. The van der Waals surface area contributed by atoms with Crippen molar-refractivity contribution >= 4 is 12.0 Å². The van der Waals surface area contributed by atoms with E-state index < -0.39 is 0 Å². The van der Waals surface area contributed by atoms with E-state index in [0.717, 1.165) is 23.3 Å². The maximum atomic E-state index is 12.2. The van der Waals surface area contributed by atoms with Crippen LogP contribution in [0.1, 0.15) is 36.6 Å². The van der Waals surface area contributed by atoms with Crippen molar-refractivity contribution in [2.24, 2.45) is 0 Å². The maximum Gasteiger partial charge on any atom is 0.244 e. The summed E-state index contributed by atoms with van der Waals surface area (Å²) in [6, 6.07) is 13.5. The lowest BCUT2D eigenvalue weighted by Gasteiger charge is -2.17. The minimum Gasteiger partial charge on any atom is -0.497 e.